The van der Waals surface area contributed by atoms with Crippen LogP contribution < -0.4 is 11.3 Å². The molecule has 0 bridgehead atoms. The SMILES string of the molecule is NNC(Cc1ccc(F)cc1Cl)c1cc(Br)ccc1Cl. The molecule has 0 heterocycles. The van der Waals surface area contributed by atoms with Crippen LogP contribution in [0.25, 0.3) is 0 Å². The van der Waals surface area contributed by atoms with Crippen molar-refractivity contribution >= 4 is 39.1 Å². The number of hydrazine groups is 1. The topological polar surface area (TPSA) is 38.0 Å². The number of hydrogen-bond donors (Lipinski definition) is 2. The van der Waals surface area contributed by atoms with Gasteiger partial charge < -0.3 is 0 Å². The van der Waals surface area contributed by atoms with Crippen LogP contribution in [0.5, 0.6) is 0 Å². The van der Waals surface area contributed by atoms with Gasteiger partial charge in [0.15, 0.2) is 0 Å². The molecule has 0 radical (unpaired) electrons. The Bertz CT molecular complexity index is 622. The lowest BCUT2D eigenvalue weighted by Gasteiger charge is -2.19. The minimum Gasteiger partial charge on any atom is -0.271 e. The van der Waals surface area contributed by atoms with Gasteiger partial charge in [-0.3, -0.25) is 11.3 Å². The van der Waals surface area contributed by atoms with Crippen LogP contribution in [-0.2, 0) is 6.42 Å². The monoisotopic (exact) mass is 376 g/mol. The maximum absolute atomic E-state index is 13.1. The van der Waals surface area contributed by atoms with E-state index >= 15 is 0 Å². The maximum Gasteiger partial charge on any atom is 0.124 e. The Labute approximate surface area is 135 Å². The third kappa shape index (κ3) is 3.71. The zero-order valence-electron chi connectivity index (χ0n) is 10.3. The van der Waals surface area contributed by atoms with Crippen LogP contribution in [0.3, 0.4) is 0 Å². The fourth-order valence-corrected chi connectivity index (χ4v) is 2.82. The Morgan fingerprint density at radius 1 is 1.15 bits per heavy atom. The van der Waals surface area contributed by atoms with Gasteiger partial charge >= 0.3 is 0 Å². The second-order valence-corrected chi connectivity index (χ2v) is 6.06. The summed E-state index contributed by atoms with van der Waals surface area (Å²) in [7, 11) is 0. The van der Waals surface area contributed by atoms with E-state index in [4.69, 9.17) is 29.0 Å². The molecule has 2 rings (SSSR count). The largest absolute Gasteiger partial charge is 0.271 e. The molecule has 1 unspecified atom stereocenters. The second-order valence-electron chi connectivity index (χ2n) is 4.32. The average molecular weight is 378 g/mol. The second kappa shape index (κ2) is 6.87. The van der Waals surface area contributed by atoms with E-state index in [0.29, 0.717) is 16.5 Å². The fraction of sp³-hybridized carbons (Fsp3) is 0.143. The molecular weight excluding hydrogens is 366 g/mol. The van der Waals surface area contributed by atoms with E-state index in [1.54, 1.807) is 12.1 Å². The molecule has 0 fully saturated rings. The van der Waals surface area contributed by atoms with Crippen LogP contribution in [0.2, 0.25) is 10.0 Å². The number of hydrogen-bond acceptors (Lipinski definition) is 2. The highest BCUT2D eigenvalue weighted by molar-refractivity contribution is 9.10. The third-order valence-corrected chi connectivity index (χ3v) is 4.16. The van der Waals surface area contributed by atoms with Crippen molar-refractivity contribution in [2.45, 2.75) is 12.5 Å². The first-order valence-electron chi connectivity index (χ1n) is 5.86. The summed E-state index contributed by atoms with van der Waals surface area (Å²) in [6.45, 7) is 0. The Morgan fingerprint density at radius 2 is 1.90 bits per heavy atom. The van der Waals surface area contributed by atoms with Gasteiger partial charge in [-0.25, -0.2) is 4.39 Å². The maximum atomic E-state index is 13.1. The molecule has 0 saturated heterocycles. The molecule has 0 saturated carbocycles. The molecule has 2 nitrogen and oxygen atoms in total. The summed E-state index contributed by atoms with van der Waals surface area (Å²) in [6, 6.07) is 9.62. The Hall–Kier alpha value is -0.650. The van der Waals surface area contributed by atoms with Crippen molar-refractivity contribution in [1.29, 1.82) is 0 Å². The Balaban J connectivity index is 2.31. The van der Waals surface area contributed by atoms with E-state index in [9.17, 15) is 4.39 Å². The van der Waals surface area contributed by atoms with Crippen LogP contribution in [0, 0.1) is 5.82 Å². The first-order valence-corrected chi connectivity index (χ1v) is 7.41. The Morgan fingerprint density at radius 3 is 2.55 bits per heavy atom. The number of halogens is 4. The number of rotatable bonds is 4. The van der Waals surface area contributed by atoms with Gasteiger partial charge in [-0.05, 0) is 47.9 Å². The zero-order chi connectivity index (χ0) is 14.7. The van der Waals surface area contributed by atoms with Crippen molar-refractivity contribution in [3.8, 4) is 0 Å². The highest BCUT2D eigenvalue weighted by atomic mass is 79.9. The van der Waals surface area contributed by atoms with Crippen molar-refractivity contribution in [3.63, 3.8) is 0 Å². The van der Waals surface area contributed by atoms with Crippen molar-refractivity contribution in [2.24, 2.45) is 5.84 Å². The summed E-state index contributed by atoms with van der Waals surface area (Å²) in [5, 5.41) is 0.978. The van der Waals surface area contributed by atoms with E-state index in [2.05, 4.69) is 21.4 Å². The first-order chi connectivity index (χ1) is 9.51. The van der Waals surface area contributed by atoms with E-state index in [0.717, 1.165) is 15.6 Å². The molecule has 0 aliphatic heterocycles. The predicted molar refractivity (Wildman–Crippen MR) is 84.3 cm³/mol. The summed E-state index contributed by atoms with van der Waals surface area (Å²) in [5.74, 6) is 5.25. The van der Waals surface area contributed by atoms with Crippen molar-refractivity contribution in [1.82, 2.24) is 5.43 Å². The highest BCUT2D eigenvalue weighted by Crippen LogP contribution is 2.30. The predicted octanol–water partition coefficient (Wildman–Crippen LogP) is 4.64. The molecule has 1 atom stereocenters. The molecule has 6 heteroatoms. The van der Waals surface area contributed by atoms with Crippen LogP contribution in [0.15, 0.2) is 40.9 Å². The molecule has 2 aromatic carbocycles. The van der Waals surface area contributed by atoms with Crippen molar-refractivity contribution < 1.29 is 4.39 Å². The molecule has 3 N–H and O–H groups in total. The van der Waals surface area contributed by atoms with E-state index < -0.39 is 0 Å². The molecule has 0 aromatic heterocycles. The molecule has 20 heavy (non-hydrogen) atoms. The first kappa shape index (κ1) is 15.7. The molecule has 0 aliphatic carbocycles. The van der Waals surface area contributed by atoms with Gasteiger partial charge in [0.2, 0.25) is 0 Å². The van der Waals surface area contributed by atoms with Gasteiger partial charge in [0.05, 0.1) is 6.04 Å². The smallest absolute Gasteiger partial charge is 0.124 e. The molecule has 106 valence electrons. The van der Waals surface area contributed by atoms with E-state index in [1.807, 2.05) is 12.1 Å². The lowest BCUT2D eigenvalue weighted by atomic mass is 9.99. The summed E-state index contributed by atoms with van der Waals surface area (Å²) in [6.07, 6.45) is 0.506. The molecular formula is C14H12BrCl2FN2. The molecule has 0 spiro atoms. The molecule has 2 aromatic rings. The molecule has 0 amide bonds. The van der Waals surface area contributed by atoms with Crippen molar-refractivity contribution in [2.75, 3.05) is 0 Å². The number of nitrogens with two attached hydrogens (primary N) is 1. The van der Waals surface area contributed by atoms with Crippen LogP contribution in [-0.4, -0.2) is 0 Å². The van der Waals surface area contributed by atoms with Gasteiger partial charge in [-0.1, -0.05) is 45.2 Å². The highest BCUT2D eigenvalue weighted by Gasteiger charge is 2.16. The van der Waals surface area contributed by atoms with Gasteiger partial charge in [0, 0.05) is 14.5 Å². The third-order valence-electron chi connectivity index (χ3n) is 2.97. The Kier molecular flexibility index (Phi) is 5.41. The van der Waals surface area contributed by atoms with Gasteiger partial charge in [0.25, 0.3) is 0 Å². The normalized spacial score (nSPS) is 12.4. The van der Waals surface area contributed by atoms with Crippen LogP contribution in [0.4, 0.5) is 4.39 Å². The van der Waals surface area contributed by atoms with Crippen molar-refractivity contribution in [3.05, 3.63) is 67.9 Å². The average Bonchev–Trinajstić information content (AvgIpc) is 2.41. The van der Waals surface area contributed by atoms with Crippen LogP contribution in [0.1, 0.15) is 17.2 Å². The van der Waals surface area contributed by atoms with E-state index in [1.165, 1.54) is 12.1 Å². The quantitative estimate of drug-likeness (QED) is 0.601. The summed E-state index contributed by atoms with van der Waals surface area (Å²) >= 11 is 15.6. The summed E-state index contributed by atoms with van der Waals surface area (Å²) in [5.41, 5.74) is 4.37. The standard InChI is InChI=1S/C14H12BrCl2FN2/c15-9-2-4-12(16)11(6-9)14(20-19)5-8-1-3-10(18)7-13(8)17/h1-4,6-7,14,20H,5,19H2. The van der Waals surface area contributed by atoms with Gasteiger partial charge in [0.1, 0.15) is 5.82 Å². The van der Waals surface area contributed by atoms with Gasteiger partial charge in [-0.15, -0.1) is 0 Å². The number of nitrogens with one attached hydrogen (secondary N) is 1. The fourth-order valence-electron chi connectivity index (χ4n) is 1.95. The molecule has 0 aliphatic rings. The summed E-state index contributed by atoms with van der Waals surface area (Å²) in [4.78, 5) is 0. The minimum absolute atomic E-state index is 0.219. The lowest BCUT2D eigenvalue weighted by Crippen LogP contribution is -2.30. The minimum atomic E-state index is -0.364. The van der Waals surface area contributed by atoms with E-state index in [-0.39, 0.29) is 11.9 Å². The van der Waals surface area contributed by atoms with Crippen LogP contribution >= 0.6 is 39.1 Å². The number of benzene rings is 2. The van der Waals surface area contributed by atoms with Gasteiger partial charge in [-0.2, -0.15) is 0 Å². The summed E-state index contributed by atoms with van der Waals surface area (Å²) < 4.78 is 14.0. The lowest BCUT2D eigenvalue weighted by molar-refractivity contribution is 0.551. The zero-order valence-corrected chi connectivity index (χ0v) is 13.4.